The predicted octanol–water partition coefficient (Wildman–Crippen LogP) is 2.55. The quantitative estimate of drug-likeness (QED) is 0.560. The maximum Gasteiger partial charge on any atom is 0.188 e. The van der Waals surface area contributed by atoms with Gasteiger partial charge in [-0.05, 0) is 12.1 Å². The average Bonchev–Trinajstić information content (AvgIpc) is 2.89. The summed E-state index contributed by atoms with van der Waals surface area (Å²) in [6.45, 7) is 0. The zero-order chi connectivity index (χ0) is 16.2. The summed E-state index contributed by atoms with van der Waals surface area (Å²) >= 11 is 0. The van der Waals surface area contributed by atoms with E-state index in [0.29, 0.717) is 5.84 Å². The zero-order valence-corrected chi connectivity index (χ0v) is 12.2. The summed E-state index contributed by atoms with van der Waals surface area (Å²) in [4.78, 5) is 4.62. The van der Waals surface area contributed by atoms with E-state index >= 15 is 0 Å². The van der Waals surface area contributed by atoms with Gasteiger partial charge in [0.1, 0.15) is 11.8 Å². The van der Waals surface area contributed by atoms with Crippen molar-refractivity contribution in [3.63, 3.8) is 0 Å². The van der Waals surface area contributed by atoms with Crippen molar-refractivity contribution in [3.05, 3.63) is 71.9 Å². The minimum atomic E-state index is 0.0826. The van der Waals surface area contributed by atoms with Gasteiger partial charge in [-0.25, -0.2) is 4.99 Å². The number of benzene rings is 2. The first-order valence-electron chi connectivity index (χ1n) is 6.94. The van der Waals surface area contributed by atoms with Gasteiger partial charge in [-0.3, -0.25) is 0 Å². The minimum absolute atomic E-state index is 0.0826. The summed E-state index contributed by atoms with van der Waals surface area (Å²) < 4.78 is 1.40. The van der Waals surface area contributed by atoms with Gasteiger partial charge in [-0.15, -0.1) is 0 Å². The Labute approximate surface area is 133 Å². The first kappa shape index (κ1) is 14.4. The Morgan fingerprint density at radius 1 is 1.00 bits per heavy atom. The highest BCUT2D eigenvalue weighted by Crippen LogP contribution is 2.22. The molecule has 1 heterocycles. The van der Waals surface area contributed by atoms with Crippen LogP contribution in [0.15, 0.2) is 65.7 Å². The van der Waals surface area contributed by atoms with E-state index < -0.39 is 0 Å². The number of nitrogen functional groups attached to an aromatic ring is 2. The molecule has 6 nitrogen and oxygen atoms in total. The number of hydrogen-bond donors (Lipinski definition) is 2. The number of aromatic nitrogens is 2. The molecule has 4 N–H and O–H groups in total. The number of para-hydroxylation sites is 1. The molecular weight excluding hydrogens is 288 g/mol. The minimum Gasteiger partial charge on any atom is -0.393 e. The SMILES string of the molecule is N#Cc1nn(C(=Nc2ccccc2)c2ccccc2)c(N)c1N. The second kappa shape index (κ2) is 6.03. The third-order valence-corrected chi connectivity index (χ3v) is 3.29. The number of nitrogens with two attached hydrogens (primary N) is 2. The molecule has 3 rings (SSSR count). The van der Waals surface area contributed by atoms with Gasteiger partial charge in [0, 0.05) is 5.56 Å². The maximum absolute atomic E-state index is 9.10. The standard InChI is InChI=1S/C17H14N6/c18-11-14-15(19)16(20)23(22-14)17(12-7-3-1-4-8-12)21-13-9-5-2-6-10-13/h1-10H,19-20H2. The van der Waals surface area contributed by atoms with Crippen molar-refractivity contribution < 1.29 is 0 Å². The van der Waals surface area contributed by atoms with E-state index in [2.05, 4.69) is 10.1 Å². The predicted molar refractivity (Wildman–Crippen MR) is 90.2 cm³/mol. The number of aliphatic imine (C=N–C) groups is 1. The molecule has 0 saturated carbocycles. The Morgan fingerprint density at radius 3 is 2.17 bits per heavy atom. The molecule has 0 aliphatic rings. The molecule has 0 amide bonds. The molecule has 0 spiro atoms. The highest BCUT2D eigenvalue weighted by Gasteiger charge is 2.17. The number of nitrogens with zero attached hydrogens (tertiary/aromatic N) is 4. The molecule has 0 radical (unpaired) electrons. The monoisotopic (exact) mass is 302 g/mol. The second-order valence-corrected chi connectivity index (χ2v) is 4.81. The molecule has 3 aromatic rings. The van der Waals surface area contributed by atoms with Gasteiger partial charge in [0.25, 0.3) is 0 Å². The molecule has 0 atom stereocenters. The molecule has 2 aromatic carbocycles. The van der Waals surface area contributed by atoms with Crippen LogP contribution >= 0.6 is 0 Å². The molecule has 23 heavy (non-hydrogen) atoms. The van der Waals surface area contributed by atoms with Gasteiger partial charge in [0.05, 0.1) is 5.69 Å². The van der Waals surface area contributed by atoms with E-state index in [1.165, 1.54) is 4.68 Å². The molecule has 0 saturated heterocycles. The number of nitriles is 1. The highest BCUT2D eigenvalue weighted by atomic mass is 15.4. The lowest BCUT2D eigenvalue weighted by atomic mass is 10.2. The molecule has 0 aliphatic carbocycles. The fraction of sp³-hybridized carbons (Fsp3) is 0. The van der Waals surface area contributed by atoms with Crippen LogP contribution in [0.4, 0.5) is 17.2 Å². The Bertz CT molecular complexity index is 888. The lowest BCUT2D eigenvalue weighted by molar-refractivity contribution is 0.933. The lowest BCUT2D eigenvalue weighted by Gasteiger charge is -2.09. The van der Waals surface area contributed by atoms with Crippen molar-refractivity contribution in [1.29, 1.82) is 5.26 Å². The van der Waals surface area contributed by atoms with Crippen LogP contribution in [0.25, 0.3) is 0 Å². The van der Waals surface area contributed by atoms with E-state index in [1.807, 2.05) is 66.7 Å². The van der Waals surface area contributed by atoms with Gasteiger partial charge in [-0.2, -0.15) is 15.0 Å². The molecule has 1 aromatic heterocycles. The van der Waals surface area contributed by atoms with E-state index in [1.54, 1.807) is 0 Å². The van der Waals surface area contributed by atoms with Gasteiger partial charge in [0.2, 0.25) is 0 Å². The van der Waals surface area contributed by atoms with E-state index in [0.717, 1.165) is 11.3 Å². The first-order chi connectivity index (χ1) is 11.2. The van der Waals surface area contributed by atoms with Crippen LogP contribution in [-0.4, -0.2) is 15.6 Å². The summed E-state index contributed by atoms with van der Waals surface area (Å²) in [6.07, 6.45) is 0. The molecule has 0 bridgehead atoms. The smallest absolute Gasteiger partial charge is 0.188 e. The number of rotatable bonds is 2. The molecule has 112 valence electrons. The summed E-state index contributed by atoms with van der Waals surface area (Å²) in [5, 5.41) is 13.3. The van der Waals surface area contributed by atoms with Crippen molar-refractivity contribution in [2.75, 3.05) is 11.5 Å². The second-order valence-electron chi connectivity index (χ2n) is 4.81. The Morgan fingerprint density at radius 2 is 1.61 bits per heavy atom. The van der Waals surface area contributed by atoms with E-state index in [9.17, 15) is 0 Å². The van der Waals surface area contributed by atoms with Crippen LogP contribution in [-0.2, 0) is 0 Å². The van der Waals surface area contributed by atoms with Crippen LogP contribution in [0.5, 0.6) is 0 Å². The zero-order valence-electron chi connectivity index (χ0n) is 12.2. The van der Waals surface area contributed by atoms with Gasteiger partial charge in [-0.1, -0.05) is 48.5 Å². The molecule has 6 heteroatoms. The normalized spacial score (nSPS) is 11.2. The summed E-state index contributed by atoms with van der Waals surface area (Å²) in [7, 11) is 0. The number of hydrogen-bond acceptors (Lipinski definition) is 5. The third-order valence-electron chi connectivity index (χ3n) is 3.29. The lowest BCUT2D eigenvalue weighted by Crippen LogP contribution is -2.17. The summed E-state index contributed by atoms with van der Waals surface area (Å²) in [5.74, 6) is 0.697. The van der Waals surface area contributed by atoms with Gasteiger partial charge >= 0.3 is 0 Å². The van der Waals surface area contributed by atoms with Crippen LogP contribution < -0.4 is 11.5 Å². The summed E-state index contributed by atoms with van der Waals surface area (Å²) in [5.41, 5.74) is 13.7. The third kappa shape index (κ3) is 2.76. The molecular formula is C17H14N6. The Balaban J connectivity index is 2.22. The fourth-order valence-corrected chi connectivity index (χ4v) is 2.13. The van der Waals surface area contributed by atoms with Crippen LogP contribution in [0.3, 0.4) is 0 Å². The van der Waals surface area contributed by atoms with E-state index in [4.69, 9.17) is 16.7 Å². The van der Waals surface area contributed by atoms with Crippen molar-refractivity contribution in [2.45, 2.75) is 0 Å². The molecule has 0 fully saturated rings. The number of anilines is 2. The first-order valence-corrected chi connectivity index (χ1v) is 6.94. The van der Waals surface area contributed by atoms with Gasteiger partial charge in [0.15, 0.2) is 17.3 Å². The van der Waals surface area contributed by atoms with Crippen molar-refractivity contribution in [3.8, 4) is 6.07 Å². The van der Waals surface area contributed by atoms with Crippen LogP contribution in [0, 0.1) is 11.3 Å². The van der Waals surface area contributed by atoms with Crippen LogP contribution in [0.1, 0.15) is 11.3 Å². The average molecular weight is 302 g/mol. The van der Waals surface area contributed by atoms with E-state index in [-0.39, 0.29) is 17.2 Å². The maximum atomic E-state index is 9.10. The molecule has 0 aliphatic heterocycles. The van der Waals surface area contributed by atoms with Crippen molar-refractivity contribution >= 4 is 23.0 Å². The highest BCUT2D eigenvalue weighted by molar-refractivity contribution is 6.03. The van der Waals surface area contributed by atoms with Crippen LogP contribution in [0.2, 0.25) is 0 Å². The van der Waals surface area contributed by atoms with Gasteiger partial charge < -0.3 is 11.5 Å². The summed E-state index contributed by atoms with van der Waals surface area (Å²) in [6, 6.07) is 20.9. The van der Waals surface area contributed by atoms with Crippen molar-refractivity contribution in [2.24, 2.45) is 4.99 Å². The Kier molecular flexibility index (Phi) is 3.77. The largest absolute Gasteiger partial charge is 0.393 e. The topological polar surface area (TPSA) is 106 Å². The fourth-order valence-electron chi connectivity index (χ4n) is 2.13. The van der Waals surface area contributed by atoms with Crippen molar-refractivity contribution in [1.82, 2.24) is 9.78 Å². The Hall–Kier alpha value is -3.59. The molecule has 0 unspecified atom stereocenters.